The summed E-state index contributed by atoms with van der Waals surface area (Å²) in [5.74, 6) is -2.77. The summed E-state index contributed by atoms with van der Waals surface area (Å²) in [5.41, 5.74) is 5.55. The van der Waals surface area contributed by atoms with Gasteiger partial charge < -0.3 is 30.9 Å². The Kier molecular flexibility index (Phi) is 9.68. The molecule has 228 valence electrons. The summed E-state index contributed by atoms with van der Waals surface area (Å²) in [6, 6.07) is 4.73. The second kappa shape index (κ2) is 13.4. The molecule has 2 amide bonds. The first kappa shape index (κ1) is 31.1. The maximum atomic E-state index is 14.3. The molecular weight excluding hydrogens is 562 g/mol. The molecule has 0 saturated heterocycles. The van der Waals surface area contributed by atoms with Gasteiger partial charge in [0.15, 0.2) is 28.9 Å². The average Bonchev–Trinajstić information content (AvgIpc) is 2.97. The normalized spacial score (nSPS) is 12.8. The van der Waals surface area contributed by atoms with Crippen molar-refractivity contribution >= 4 is 29.0 Å². The first-order valence-electron chi connectivity index (χ1n) is 13.9. The number of nitrogens with two attached hydrogens (primary N) is 1. The lowest BCUT2D eigenvalue weighted by atomic mass is 10.1. The standard InChI is InChI=1S/C29H34F2N8O4/c1-16(2)38-10-11-39-18(13-22(40)26(42)25(39)29(38)43)14-35-23(41)6-4-3-5-9-34-27-20(31)15-36-28(37-27)24(33)19-12-17(30)7-8-21(19)32/h7-8,12-13,15-16,33,42H,3-6,9-11,14,32H2,1-2H3,(H,35,41)(H,34,36,37). The number of pyridine rings is 1. The Hall–Kier alpha value is -4.88. The van der Waals surface area contributed by atoms with E-state index in [1.54, 1.807) is 9.47 Å². The minimum absolute atomic E-state index is 0.0312. The summed E-state index contributed by atoms with van der Waals surface area (Å²) in [7, 11) is 0. The van der Waals surface area contributed by atoms with Crippen LogP contribution in [-0.4, -0.2) is 61.2 Å². The molecule has 1 aliphatic rings. The number of carbonyl (C=O) groups excluding carboxylic acids is 2. The second-order valence-corrected chi connectivity index (χ2v) is 10.5. The van der Waals surface area contributed by atoms with Crippen LogP contribution < -0.4 is 21.8 Å². The lowest BCUT2D eigenvalue weighted by molar-refractivity contribution is -0.121. The fourth-order valence-corrected chi connectivity index (χ4v) is 4.79. The fraction of sp³-hybridized carbons (Fsp3) is 0.379. The molecule has 0 fully saturated rings. The van der Waals surface area contributed by atoms with Gasteiger partial charge in [-0.15, -0.1) is 0 Å². The number of nitrogens with zero attached hydrogens (tertiary/aromatic N) is 4. The maximum Gasteiger partial charge on any atom is 0.274 e. The van der Waals surface area contributed by atoms with E-state index in [-0.39, 0.29) is 59.2 Å². The van der Waals surface area contributed by atoms with Crippen LogP contribution in [0.5, 0.6) is 5.75 Å². The molecule has 4 rings (SSSR count). The first-order valence-corrected chi connectivity index (χ1v) is 13.9. The van der Waals surface area contributed by atoms with Crippen molar-refractivity contribution in [3.05, 3.63) is 75.1 Å². The number of nitrogens with one attached hydrogen (secondary N) is 3. The van der Waals surface area contributed by atoms with Crippen LogP contribution in [0.4, 0.5) is 20.3 Å². The Bertz CT molecular complexity index is 1610. The largest absolute Gasteiger partial charge is 0.503 e. The quantitative estimate of drug-likeness (QED) is 0.120. The molecule has 2 aromatic heterocycles. The van der Waals surface area contributed by atoms with E-state index in [0.29, 0.717) is 44.6 Å². The van der Waals surface area contributed by atoms with Crippen LogP contribution in [0, 0.1) is 17.0 Å². The summed E-state index contributed by atoms with van der Waals surface area (Å²) in [6.45, 7) is 4.89. The zero-order valence-electron chi connectivity index (χ0n) is 23.9. The van der Waals surface area contributed by atoms with Gasteiger partial charge in [0.2, 0.25) is 11.3 Å². The molecule has 0 unspecified atom stereocenters. The van der Waals surface area contributed by atoms with Gasteiger partial charge in [-0.1, -0.05) is 6.42 Å². The number of rotatable bonds is 12. The summed E-state index contributed by atoms with van der Waals surface area (Å²) in [5, 5.41) is 24.2. The van der Waals surface area contributed by atoms with Crippen molar-refractivity contribution in [2.75, 3.05) is 24.1 Å². The minimum Gasteiger partial charge on any atom is -0.503 e. The molecule has 14 heteroatoms. The SMILES string of the molecule is CC(C)N1CCn2c(CNC(=O)CCCCCNc3nc(C(=N)c4cc(F)ccc4N)ncc3F)cc(=O)c(O)c2C1=O. The smallest absolute Gasteiger partial charge is 0.274 e. The molecule has 0 radical (unpaired) electrons. The Morgan fingerprint density at radius 2 is 1.93 bits per heavy atom. The Morgan fingerprint density at radius 1 is 1.16 bits per heavy atom. The molecule has 0 saturated carbocycles. The zero-order valence-corrected chi connectivity index (χ0v) is 23.9. The predicted octanol–water partition coefficient (Wildman–Crippen LogP) is 2.77. The molecule has 12 nitrogen and oxygen atoms in total. The molecule has 6 N–H and O–H groups in total. The first-order chi connectivity index (χ1) is 20.5. The molecule has 0 spiro atoms. The van der Waals surface area contributed by atoms with Crippen molar-refractivity contribution in [1.29, 1.82) is 5.41 Å². The van der Waals surface area contributed by atoms with Gasteiger partial charge in [0.05, 0.1) is 12.7 Å². The van der Waals surface area contributed by atoms with Crippen molar-refractivity contribution in [3.63, 3.8) is 0 Å². The van der Waals surface area contributed by atoms with Gasteiger partial charge >= 0.3 is 0 Å². The summed E-state index contributed by atoms with van der Waals surface area (Å²) >= 11 is 0. The van der Waals surface area contributed by atoms with E-state index in [9.17, 15) is 28.3 Å². The van der Waals surface area contributed by atoms with Crippen LogP contribution in [0.15, 0.2) is 35.3 Å². The second-order valence-electron chi connectivity index (χ2n) is 10.5. The lowest BCUT2D eigenvalue weighted by Crippen LogP contribution is -2.46. The molecular formula is C29H34F2N8O4. The third-order valence-electron chi connectivity index (χ3n) is 7.12. The fourth-order valence-electron chi connectivity index (χ4n) is 4.79. The highest BCUT2D eigenvalue weighted by molar-refractivity contribution is 6.11. The summed E-state index contributed by atoms with van der Waals surface area (Å²) in [6.07, 6.45) is 2.92. The molecule has 3 heterocycles. The van der Waals surface area contributed by atoms with E-state index < -0.39 is 28.7 Å². The number of aromatic hydroxyl groups is 1. The highest BCUT2D eigenvalue weighted by atomic mass is 19.1. The predicted molar refractivity (Wildman–Crippen MR) is 156 cm³/mol. The van der Waals surface area contributed by atoms with E-state index in [0.717, 1.165) is 12.3 Å². The zero-order chi connectivity index (χ0) is 31.3. The van der Waals surface area contributed by atoms with E-state index in [4.69, 9.17) is 11.1 Å². The molecule has 3 aromatic rings. The van der Waals surface area contributed by atoms with Gasteiger partial charge in [-0.2, -0.15) is 0 Å². The van der Waals surface area contributed by atoms with Gasteiger partial charge in [0.1, 0.15) is 11.5 Å². The Balaban J connectivity index is 1.24. The maximum absolute atomic E-state index is 14.3. The van der Waals surface area contributed by atoms with E-state index in [1.165, 1.54) is 18.2 Å². The van der Waals surface area contributed by atoms with E-state index >= 15 is 0 Å². The van der Waals surface area contributed by atoms with Crippen molar-refractivity contribution in [3.8, 4) is 5.75 Å². The van der Waals surface area contributed by atoms with Crippen LogP contribution in [-0.2, 0) is 17.9 Å². The number of nitrogen functional groups attached to an aromatic ring is 1. The van der Waals surface area contributed by atoms with Gasteiger partial charge in [0, 0.05) is 55.1 Å². The van der Waals surface area contributed by atoms with Gasteiger partial charge in [-0.3, -0.25) is 19.8 Å². The van der Waals surface area contributed by atoms with Crippen LogP contribution in [0.3, 0.4) is 0 Å². The van der Waals surface area contributed by atoms with Crippen LogP contribution >= 0.6 is 0 Å². The number of anilines is 2. The van der Waals surface area contributed by atoms with Crippen molar-refractivity contribution in [1.82, 2.24) is 24.8 Å². The summed E-state index contributed by atoms with van der Waals surface area (Å²) < 4.78 is 29.5. The molecule has 43 heavy (non-hydrogen) atoms. The number of fused-ring (bicyclic) bond motifs is 1. The third kappa shape index (κ3) is 7.13. The number of benzene rings is 1. The lowest BCUT2D eigenvalue weighted by Gasteiger charge is -2.34. The van der Waals surface area contributed by atoms with Crippen molar-refractivity contribution in [2.24, 2.45) is 0 Å². The third-order valence-corrected chi connectivity index (χ3v) is 7.12. The number of hydrogen-bond donors (Lipinski definition) is 5. The summed E-state index contributed by atoms with van der Waals surface area (Å²) in [4.78, 5) is 47.1. The van der Waals surface area contributed by atoms with Gasteiger partial charge in [-0.25, -0.2) is 18.7 Å². The molecule has 1 aliphatic heterocycles. The molecule has 0 atom stereocenters. The highest BCUT2D eigenvalue weighted by Gasteiger charge is 2.31. The topological polar surface area (TPSA) is 179 Å². The molecule has 0 bridgehead atoms. The van der Waals surface area contributed by atoms with E-state index in [1.807, 2.05) is 13.8 Å². The Morgan fingerprint density at radius 3 is 2.67 bits per heavy atom. The van der Waals surface area contributed by atoms with Crippen molar-refractivity contribution in [2.45, 2.75) is 58.7 Å². The van der Waals surface area contributed by atoms with Gasteiger partial charge in [0.25, 0.3) is 5.91 Å². The molecule has 0 aliphatic carbocycles. The van der Waals surface area contributed by atoms with Gasteiger partial charge in [-0.05, 0) is 44.9 Å². The highest BCUT2D eigenvalue weighted by Crippen LogP contribution is 2.23. The van der Waals surface area contributed by atoms with Crippen molar-refractivity contribution < 1.29 is 23.5 Å². The van der Waals surface area contributed by atoms with Crippen LogP contribution in [0.25, 0.3) is 0 Å². The monoisotopic (exact) mass is 596 g/mol. The number of carbonyl (C=O) groups is 2. The Labute approximate surface area is 246 Å². The number of unbranched alkanes of at least 4 members (excludes halogenated alkanes) is 2. The average molecular weight is 597 g/mol. The van der Waals surface area contributed by atoms with Crippen LogP contribution in [0.2, 0.25) is 0 Å². The number of aromatic nitrogens is 3. The van der Waals surface area contributed by atoms with E-state index in [2.05, 4.69) is 20.6 Å². The van der Waals surface area contributed by atoms with Crippen LogP contribution in [0.1, 0.15) is 67.1 Å². The minimum atomic E-state index is -0.711. The molecule has 1 aromatic carbocycles. The number of amides is 2. The number of halogens is 2. The number of hydrogen-bond acceptors (Lipinski definition) is 9.